The van der Waals surface area contributed by atoms with E-state index in [0.717, 1.165) is 37.4 Å². The Balaban J connectivity index is 2.27. The molecule has 0 fully saturated rings. The minimum atomic E-state index is -7.54. The number of halogens is 11. The van der Waals surface area contributed by atoms with Crippen LogP contribution in [0.3, 0.4) is 0 Å². The first-order valence-corrected chi connectivity index (χ1v) is 11.7. The lowest BCUT2D eigenvalue weighted by atomic mass is 9.98. The highest BCUT2D eigenvalue weighted by atomic mass is 32.2. The van der Waals surface area contributed by atoms with Gasteiger partial charge in [-0.2, -0.15) is 47.9 Å². The van der Waals surface area contributed by atoms with Crippen molar-refractivity contribution in [2.75, 3.05) is 7.11 Å². The van der Waals surface area contributed by atoms with Gasteiger partial charge in [-0.05, 0) is 54.7 Å². The predicted molar refractivity (Wildman–Crippen MR) is 110 cm³/mol. The summed E-state index contributed by atoms with van der Waals surface area (Å²) in [6.45, 7) is 0. The quantitative estimate of drug-likeness (QED) is 0.261. The van der Waals surface area contributed by atoms with Crippen molar-refractivity contribution in [1.82, 2.24) is 0 Å². The second kappa shape index (κ2) is 9.61. The van der Waals surface area contributed by atoms with Crippen LogP contribution in [0.2, 0.25) is 0 Å². The highest BCUT2D eigenvalue weighted by Gasteiger charge is 2.86. The zero-order valence-corrected chi connectivity index (χ0v) is 19.6. The third-order valence-corrected chi connectivity index (χ3v) is 6.86. The number of rotatable bonds is 7. The van der Waals surface area contributed by atoms with E-state index < -0.39 is 67.7 Å². The highest BCUT2D eigenvalue weighted by Crippen LogP contribution is 2.55. The Morgan fingerprint density at radius 3 is 1.92 bits per heavy atom. The molecule has 3 rings (SSSR count). The lowest BCUT2D eigenvalue weighted by Crippen LogP contribution is -2.63. The molecule has 0 spiro atoms. The third-order valence-electron chi connectivity index (χ3n) is 5.58. The molecule has 0 aliphatic heterocycles. The smallest absolute Gasteiger partial charge is 0.460 e. The SMILES string of the molecule is COc1cc2c(cc1F)C(OS(=O)(=O)C(F)(F)C(F)(F)C(F)(F)C(F)(F)F)=C(c1ccc(F)cc1)CCC2. The van der Waals surface area contributed by atoms with E-state index in [9.17, 15) is 56.7 Å². The van der Waals surface area contributed by atoms with E-state index in [0.29, 0.717) is 6.07 Å². The molecule has 0 radical (unpaired) electrons. The van der Waals surface area contributed by atoms with E-state index >= 15 is 0 Å². The molecule has 0 N–H and O–H groups in total. The van der Waals surface area contributed by atoms with Crippen LogP contribution in [0, 0.1) is 11.6 Å². The highest BCUT2D eigenvalue weighted by molar-refractivity contribution is 7.88. The van der Waals surface area contributed by atoms with Crippen LogP contribution in [-0.2, 0) is 20.7 Å². The lowest BCUT2D eigenvalue weighted by molar-refractivity contribution is -0.382. The number of benzene rings is 2. The van der Waals surface area contributed by atoms with Gasteiger partial charge >= 0.3 is 33.4 Å². The Bertz CT molecular complexity index is 1350. The zero-order valence-electron chi connectivity index (χ0n) is 18.8. The van der Waals surface area contributed by atoms with Crippen LogP contribution in [0.4, 0.5) is 48.3 Å². The van der Waals surface area contributed by atoms with Gasteiger partial charge in [0.2, 0.25) is 0 Å². The molecule has 4 nitrogen and oxygen atoms in total. The molecule has 0 saturated heterocycles. The van der Waals surface area contributed by atoms with Crippen molar-refractivity contribution < 1.29 is 65.6 Å². The normalized spacial score (nSPS) is 15.7. The number of hydrogen-bond acceptors (Lipinski definition) is 4. The Kier molecular flexibility index (Phi) is 7.46. The van der Waals surface area contributed by atoms with Gasteiger partial charge in [0.25, 0.3) is 0 Å². The van der Waals surface area contributed by atoms with Crippen LogP contribution in [0.25, 0.3) is 11.3 Å². The van der Waals surface area contributed by atoms with Crippen molar-refractivity contribution in [3.63, 3.8) is 0 Å². The third kappa shape index (κ3) is 4.78. The maximum Gasteiger partial charge on any atom is 0.460 e. The molecule has 0 aromatic heterocycles. The molecule has 16 heteroatoms. The summed E-state index contributed by atoms with van der Waals surface area (Å²) >= 11 is 0. The first-order valence-electron chi connectivity index (χ1n) is 10.3. The molecule has 1 aliphatic rings. The number of ether oxygens (including phenoxy) is 1. The number of methoxy groups -OCH3 is 1. The van der Waals surface area contributed by atoms with Crippen LogP contribution >= 0.6 is 0 Å². The number of aryl methyl sites for hydroxylation is 1. The number of allylic oxidation sites excluding steroid dienone is 1. The second-order valence-electron chi connectivity index (χ2n) is 8.01. The van der Waals surface area contributed by atoms with Crippen LogP contribution in [0.1, 0.15) is 29.5 Å². The van der Waals surface area contributed by atoms with Gasteiger partial charge in [-0.1, -0.05) is 12.1 Å². The molecule has 0 heterocycles. The van der Waals surface area contributed by atoms with Crippen molar-refractivity contribution in [2.45, 2.75) is 42.5 Å². The minimum Gasteiger partial charge on any atom is -0.494 e. The summed E-state index contributed by atoms with van der Waals surface area (Å²) in [5, 5.41) is -7.14. The van der Waals surface area contributed by atoms with Gasteiger partial charge in [0.05, 0.1) is 7.11 Å². The summed E-state index contributed by atoms with van der Waals surface area (Å²) in [4.78, 5) is 0. The number of fused-ring (bicyclic) bond motifs is 1. The molecule has 0 amide bonds. The van der Waals surface area contributed by atoms with Gasteiger partial charge in [0.15, 0.2) is 17.3 Å². The van der Waals surface area contributed by atoms with Crippen molar-refractivity contribution in [3.05, 3.63) is 64.7 Å². The molecule has 210 valence electrons. The molecule has 0 saturated carbocycles. The van der Waals surface area contributed by atoms with Crippen molar-refractivity contribution in [1.29, 1.82) is 0 Å². The Labute approximate surface area is 207 Å². The van der Waals surface area contributed by atoms with E-state index in [1.54, 1.807) is 0 Å². The fourth-order valence-electron chi connectivity index (χ4n) is 3.60. The summed E-state index contributed by atoms with van der Waals surface area (Å²) in [6, 6.07) is 5.18. The monoisotopic (exact) mass is 584 g/mol. The molecule has 0 atom stereocenters. The Morgan fingerprint density at radius 1 is 0.816 bits per heavy atom. The molecule has 2 aromatic rings. The van der Waals surface area contributed by atoms with Gasteiger partial charge in [0, 0.05) is 11.1 Å². The molecule has 0 bridgehead atoms. The molecule has 38 heavy (non-hydrogen) atoms. The van der Waals surface area contributed by atoms with Gasteiger partial charge < -0.3 is 8.92 Å². The summed E-state index contributed by atoms with van der Waals surface area (Å²) in [5.74, 6) is -18.7. The average Bonchev–Trinajstić information content (AvgIpc) is 2.96. The predicted octanol–water partition coefficient (Wildman–Crippen LogP) is 6.95. The summed E-state index contributed by atoms with van der Waals surface area (Å²) in [7, 11) is -6.30. The van der Waals surface area contributed by atoms with E-state index in [1.165, 1.54) is 0 Å². The standard InChI is InChI=1S/C22H15F11O4S/c1-36-17-9-12-3-2-4-14(11-5-7-13(23)8-6-11)18(15(12)10-16(17)24)37-38(34,35)22(32,33)20(27,28)19(25,26)21(29,30)31/h5-10H,2-4H2,1H3. The van der Waals surface area contributed by atoms with E-state index in [4.69, 9.17) is 4.74 Å². The van der Waals surface area contributed by atoms with Crippen molar-refractivity contribution >= 4 is 21.5 Å². The van der Waals surface area contributed by atoms with Gasteiger partial charge in [0.1, 0.15) is 5.82 Å². The Morgan fingerprint density at radius 2 is 1.39 bits per heavy atom. The van der Waals surface area contributed by atoms with E-state index in [1.807, 2.05) is 0 Å². The van der Waals surface area contributed by atoms with Gasteiger partial charge in [-0.3, -0.25) is 0 Å². The topological polar surface area (TPSA) is 52.6 Å². The minimum absolute atomic E-state index is 0.0255. The first-order chi connectivity index (χ1) is 17.3. The molecular weight excluding hydrogens is 569 g/mol. The van der Waals surface area contributed by atoms with Crippen LogP contribution < -0.4 is 4.74 Å². The maximum absolute atomic E-state index is 14.5. The number of hydrogen-bond donors (Lipinski definition) is 0. The van der Waals surface area contributed by atoms with Crippen LogP contribution in [0.15, 0.2) is 36.4 Å². The van der Waals surface area contributed by atoms with Crippen molar-refractivity contribution in [2.24, 2.45) is 0 Å². The molecule has 0 unspecified atom stereocenters. The fraction of sp³-hybridized carbons (Fsp3) is 0.364. The number of alkyl halides is 9. The van der Waals surface area contributed by atoms with Crippen molar-refractivity contribution in [3.8, 4) is 5.75 Å². The van der Waals surface area contributed by atoms with Gasteiger partial charge in [-0.25, -0.2) is 8.78 Å². The zero-order chi connectivity index (χ0) is 28.9. The first kappa shape index (κ1) is 29.5. The lowest BCUT2D eigenvalue weighted by Gasteiger charge is -2.33. The summed E-state index contributed by atoms with van der Waals surface area (Å²) in [6.07, 6.45) is -7.51. The second-order valence-corrected chi connectivity index (χ2v) is 9.60. The average molecular weight is 584 g/mol. The van der Waals surface area contributed by atoms with Crippen LogP contribution in [-0.4, -0.2) is 38.8 Å². The van der Waals surface area contributed by atoms with Gasteiger partial charge in [-0.15, -0.1) is 0 Å². The summed E-state index contributed by atoms with van der Waals surface area (Å²) in [5.41, 5.74) is -1.17. The van der Waals surface area contributed by atoms with E-state index in [2.05, 4.69) is 4.18 Å². The molecule has 1 aliphatic carbocycles. The molecular formula is C22H15F11O4S. The van der Waals surface area contributed by atoms with E-state index in [-0.39, 0.29) is 30.4 Å². The Hall–Kier alpha value is -3.04. The molecule has 2 aromatic carbocycles. The maximum atomic E-state index is 14.5. The fourth-order valence-corrected chi connectivity index (χ4v) is 4.56. The van der Waals surface area contributed by atoms with Crippen LogP contribution in [0.5, 0.6) is 5.75 Å². The summed E-state index contributed by atoms with van der Waals surface area (Å²) < 4.78 is 182. The largest absolute Gasteiger partial charge is 0.494 e.